The summed E-state index contributed by atoms with van der Waals surface area (Å²) in [4.78, 5) is 29.7. The Morgan fingerprint density at radius 3 is 2.16 bits per heavy atom. The Morgan fingerprint density at radius 1 is 0.839 bits per heavy atom. The first-order valence-electron chi connectivity index (χ1n) is 10.3. The smallest absolute Gasteiger partial charge is 0.323 e. The molecule has 2 heterocycles. The van der Waals surface area contributed by atoms with E-state index in [-0.39, 0.29) is 5.91 Å². The van der Waals surface area contributed by atoms with Crippen molar-refractivity contribution in [1.82, 2.24) is 4.90 Å². The lowest BCUT2D eigenvalue weighted by Crippen LogP contribution is -2.38. The quantitative estimate of drug-likeness (QED) is 0.689. The van der Waals surface area contributed by atoms with Gasteiger partial charge in [-0.05, 0) is 49.2 Å². The molecule has 0 aromatic heterocycles. The lowest BCUT2D eigenvalue weighted by molar-refractivity contribution is 0.0792. The molecule has 0 unspecified atom stereocenters. The normalized spacial score (nSPS) is 16.3. The van der Waals surface area contributed by atoms with Crippen LogP contribution >= 0.6 is 23.2 Å². The van der Waals surface area contributed by atoms with Crippen LogP contribution in [-0.4, -0.2) is 56.2 Å². The number of carbonyl (C=O) groups is 2. The van der Waals surface area contributed by atoms with Crippen LogP contribution < -0.4 is 15.5 Å². The first-order chi connectivity index (χ1) is 15.0. The van der Waals surface area contributed by atoms with Crippen LogP contribution in [0.15, 0.2) is 36.4 Å². The average molecular weight is 463 g/mol. The summed E-state index contributed by atoms with van der Waals surface area (Å²) in [6.45, 7) is 4.23. The third-order valence-corrected chi connectivity index (χ3v) is 6.15. The third kappa shape index (κ3) is 5.23. The number of nitrogens with zero attached hydrogens (tertiary/aromatic N) is 2. The number of carbonyl (C=O) groups excluding carboxylic acids is 2. The van der Waals surface area contributed by atoms with E-state index in [1.807, 2.05) is 11.0 Å². The van der Waals surface area contributed by atoms with E-state index in [0.29, 0.717) is 40.2 Å². The summed E-state index contributed by atoms with van der Waals surface area (Å²) in [5.41, 5.74) is 2.52. The molecule has 0 bridgehead atoms. The molecule has 0 saturated carbocycles. The number of ether oxygens (including phenoxy) is 1. The number of hydrogen-bond donors (Lipinski definition) is 2. The van der Waals surface area contributed by atoms with Gasteiger partial charge in [-0.15, -0.1) is 0 Å². The zero-order valence-electron chi connectivity index (χ0n) is 17.0. The maximum absolute atomic E-state index is 13.2. The van der Waals surface area contributed by atoms with Gasteiger partial charge >= 0.3 is 6.03 Å². The monoisotopic (exact) mass is 462 g/mol. The van der Waals surface area contributed by atoms with Gasteiger partial charge in [0.2, 0.25) is 0 Å². The van der Waals surface area contributed by atoms with E-state index in [1.54, 1.807) is 30.3 Å². The van der Waals surface area contributed by atoms with Crippen molar-refractivity contribution in [3.05, 3.63) is 52.0 Å². The largest absolute Gasteiger partial charge is 0.378 e. The molecule has 31 heavy (non-hydrogen) atoms. The molecule has 164 valence electrons. The molecule has 2 aromatic rings. The van der Waals surface area contributed by atoms with E-state index in [2.05, 4.69) is 15.5 Å². The van der Waals surface area contributed by atoms with E-state index >= 15 is 0 Å². The van der Waals surface area contributed by atoms with Crippen LogP contribution in [0.1, 0.15) is 23.2 Å². The summed E-state index contributed by atoms with van der Waals surface area (Å²) in [6.07, 6.45) is 2.03. The standard InChI is InChI=1S/C22H24Cl2N4O3/c23-18-5-3-16(14-19(18)24)26-22(30)25-15-4-6-20(27-9-11-31-12-10-27)17(13-15)21(29)28-7-1-2-8-28/h3-6,13-14H,1-2,7-12H2,(H2,25,26,30). The first-order valence-corrected chi connectivity index (χ1v) is 11.1. The molecule has 2 aliphatic heterocycles. The van der Waals surface area contributed by atoms with Gasteiger partial charge < -0.3 is 25.2 Å². The number of amides is 3. The number of rotatable bonds is 4. The molecule has 0 aliphatic carbocycles. The third-order valence-electron chi connectivity index (χ3n) is 5.41. The molecular weight excluding hydrogens is 439 g/mol. The summed E-state index contributed by atoms with van der Waals surface area (Å²) in [7, 11) is 0. The minimum atomic E-state index is -0.433. The minimum absolute atomic E-state index is 0.00691. The summed E-state index contributed by atoms with van der Waals surface area (Å²) < 4.78 is 5.45. The Morgan fingerprint density at radius 2 is 1.48 bits per heavy atom. The number of nitrogens with one attached hydrogen (secondary N) is 2. The molecule has 9 heteroatoms. The molecule has 0 atom stereocenters. The van der Waals surface area contributed by atoms with Gasteiger partial charge in [0.25, 0.3) is 5.91 Å². The predicted octanol–water partition coefficient (Wildman–Crippen LogP) is 4.71. The molecule has 2 aromatic carbocycles. The molecule has 2 aliphatic rings. The number of hydrogen-bond acceptors (Lipinski definition) is 4. The minimum Gasteiger partial charge on any atom is -0.378 e. The summed E-state index contributed by atoms with van der Waals surface area (Å²) in [5, 5.41) is 6.29. The lowest BCUT2D eigenvalue weighted by atomic mass is 10.1. The van der Waals surface area contributed by atoms with Crippen LogP contribution in [0.3, 0.4) is 0 Å². The summed E-state index contributed by atoms with van der Waals surface area (Å²) in [6, 6.07) is 9.87. The van der Waals surface area contributed by atoms with Gasteiger partial charge in [-0.3, -0.25) is 4.79 Å². The second-order valence-corrected chi connectivity index (χ2v) is 8.35. The van der Waals surface area contributed by atoms with Crippen molar-refractivity contribution in [3.8, 4) is 0 Å². The molecular formula is C22H24Cl2N4O3. The van der Waals surface area contributed by atoms with E-state index in [0.717, 1.165) is 44.7 Å². The van der Waals surface area contributed by atoms with Crippen molar-refractivity contribution >= 4 is 52.2 Å². The average Bonchev–Trinajstić information content (AvgIpc) is 3.31. The van der Waals surface area contributed by atoms with Crippen molar-refractivity contribution in [2.75, 3.05) is 54.9 Å². The highest BCUT2D eigenvalue weighted by Gasteiger charge is 2.25. The van der Waals surface area contributed by atoms with Gasteiger partial charge in [0.05, 0.1) is 28.8 Å². The zero-order chi connectivity index (χ0) is 21.8. The fourth-order valence-electron chi connectivity index (χ4n) is 3.82. The Hall–Kier alpha value is -2.48. The van der Waals surface area contributed by atoms with Crippen molar-refractivity contribution in [2.45, 2.75) is 12.8 Å². The molecule has 2 saturated heterocycles. The maximum Gasteiger partial charge on any atom is 0.323 e. The molecule has 3 amide bonds. The molecule has 7 nitrogen and oxygen atoms in total. The predicted molar refractivity (Wildman–Crippen MR) is 124 cm³/mol. The van der Waals surface area contributed by atoms with Crippen molar-refractivity contribution in [2.24, 2.45) is 0 Å². The number of morpholine rings is 1. The first kappa shape index (κ1) is 21.7. The topological polar surface area (TPSA) is 73.9 Å². The van der Waals surface area contributed by atoms with Gasteiger partial charge in [0, 0.05) is 43.2 Å². The Kier molecular flexibility index (Phi) is 6.85. The van der Waals surface area contributed by atoms with Gasteiger partial charge in [0.1, 0.15) is 0 Å². The molecule has 2 N–H and O–H groups in total. The number of likely N-dealkylation sites (tertiary alicyclic amines) is 1. The van der Waals surface area contributed by atoms with Crippen LogP contribution in [0, 0.1) is 0 Å². The summed E-state index contributed by atoms with van der Waals surface area (Å²) >= 11 is 11.9. The van der Waals surface area contributed by atoms with Crippen LogP contribution in [0.25, 0.3) is 0 Å². The molecule has 0 spiro atoms. The second kappa shape index (κ2) is 9.77. The van der Waals surface area contributed by atoms with E-state index in [4.69, 9.17) is 27.9 Å². The number of halogens is 2. The Balaban J connectivity index is 1.54. The number of urea groups is 1. The molecule has 2 fully saturated rings. The molecule has 0 radical (unpaired) electrons. The van der Waals surface area contributed by atoms with Gasteiger partial charge in [-0.1, -0.05) is 23.2 Å². The SMILES string of the molecule is O=C(Nc1ccc(Cl)c(Cl)c1)Nc1ccc(N2CCOCC2)c(C(=O)N2CCCC2)c1. The molecule has 4 rings (SSSR count). The van der Waals surface area contributed by atoms with Gasteiger partial charge in [0.15, 0.2) is 0 Å². The highest BCUT2D eigenvalue weighted by Crippen LogP contribution is 2.29. The van der Waals surface area contributed by atoms with Crippen LogP contribution in [0.2, 0.25) is 10.0 Å². The van der Waals surface area contributed by atoms with Crippen LogP contribution in [0.5, 0.6) is 0 Å². The van der Waals surface area contributed by atoms with Crippen LogP contribution in [-0.2, 0) is 4.74 Å². The van der Waals surface area contributed by atoms with E-state index in [9.17, 15) is 9.59 Å². The zero-order valence-corrected chi connectivity index (χ0v) is 18.5. The van der Waals surface area contributed by atoms with Crippen LogP contribution in [0.4, 0.5) is 21.9 Å². The Bertz CT molecular complexity index is 973. The van der Waals surface area contributed by atoms with E-state index in [1.165, 1.54) is 0 Å². The van der Waals surface area contributed by atoms with Gasteiger partial charge in [-0.2, -0.15) is 0 Å². The highest BCUT2D eigenvalue weighted by molar-refractivity contribution is 6.42. The maximum atomic E-state index is 13.2. The fourth-order valence-corrected chi connectivity index (χ4v) is 4.12. The highest BCUT2D eigenvalue weighted by atomic mass is 35.5. The van der Waals surface area contributed by atoms with Crippen molar-refractivity contribution in [1.29, 1.82) is 0 Å². The number of anilines is 3. The van der Waals surface area contributed by atoms with Crippen molar-refractivity contribution in [3.63, 3.8) is 0 Å². The summed E-state index contributed by atoms with van der Waals surface area (Å²) in [5.74, 6) is -0.00691. The number of benzene rings is 2. The van der Waals surface area contributed by atoms with Gasteiger partial charge in [-0.25, -0.2) is 4.79 Å². The lowest BCUT2D eigenvalue weighted by Gasteiger charge is -2.31. The van der Waals surface area contributed by atoms with E-state index < -0.39 is 6.03 Å². The second-order valence-electron chi connectivity index (χ2n) is 7.54. The Labute approximate surface area is 191 Å². The van der Waals surface area contributed by atoms with Crippen molar-refractivity contribution < 1.29 is 14.3 Å². The fraction of sp³-hybridized carbons (Fsp3) is 0.364.